The van der Waals surface area contributed by atoms with Gasteiger partial charge in [0.1, 0.15) is 0 Å². The summed E-state index contributed by atoms with van der Waals surface area (Å²) in [6, 6.07) is 5.36. The van der Waals surface area contributed by atoms with Crippen LogP contribution in [0.1, 0.15) is 49.9 Å². The van der Waals surface area contributed by atoms with E-state index in [2.05, 4.69) is 22.5 Å². The molecular weight excluding hydrogens is 386 g/mol. The molecule has 2 amide bonds. The van der Waals surface area contributed by atoms with Crippen molar-refractivity contribution in [1.29, 1.82) is 0 Å². The number of nitrogens with zero attached hydrogens (tertiary/aromatic N) is 1. The highest BCUT2D eigenvalue weighted by Crippen LogP contribution is 2.28. The summed E-state index contributed by atoms with van der Waals surface area (Å²) < 4.78 is 9.85. The van der Waals surface area contributed by atoms with Gasteiger partial charge < -0.3 is 25.0 Å². The maximum atomic E-state index is 12.8. The fourth-order valence-corrected chi connectivity index (χ4v) is 3.35. The molecule has 166 valence electrons. The Kier molecular flexibility index (Phi) is 9.60. The predicted molar refractivity (Wildman–Crippen MR) is 116 cm³/mol. The van der Waals surface area contributed by atoms with Gasteiger partial charge >= 0.3 is 5.97 Å². The Balaban J connectivity index is 2.12. The van der Waals surface area contributed by atoms with Crippen molar-refractivity contribution in [3.05, 3.63) is 23.8 Å². The molecule has 1 aromatic carbocycles. The highest BCUT2D eigenvalue weighted by molar-refractivity contribution is 6.02. The van der Waals surface area contributed by atoms with Crippen molar-refractivity contribution in [1.82, 2.24) is 5.32 Å². The number of hydrogen-bond acceptors (Lipinski definition) is 6. The normalized spacial score (nSPS) is 14.3. The number of benzene rings is 1. The number of anilines is 2. The highest BCUT2D eigenvalue weighted by Gasteiger charge is 2.22. The molecule has 1 saturated heterocycles. The molecule has 8 nitrogen and oxygen atoms in total. The fourth-order valence-electron chi connectivity index (χ4n) is 3.35. The van der Waals surface area contributed by atoms with Crippen LogP contribution in [-0.2, 0) is 19.1 Å². The average Bonchev–Trinajstić information content (AvgIpc) is 2.73. The maximum absolute atomic E-state index is 12.8. The number of esters is 1. The van der Waals surface area contributed by atoms with Crippen LogP contribution in [-0.4, -0.2) is 57.7 Å². The van der Waals surface area contributed by atoms with Crippen molar-refractivity contribution < 1.29 is 23.9 Å². The van der Waals surface area contributed by atoms with Crippen molar-refractivity contribution in [2.45, 2.75) is 39.5 Å². The standard InChI is InChI=1S/C22H33N3O5/c1-4-30-21(27)8-7-20(26)24-17-5-6-19(25-12-9-16(2)10-13-25)18(15-17)22(28)23-11-14-29-3/h5-6,15-16H,4,7-14H2,1-3H3,(H,23,28)(H,24,26). The second-order valence-electron chi connectivity index (χ2n) is 7.50. The number of piperidine rings is 1. The third kappa shape index (κ3) is 7.33. The Labute approximate surface area is 178 Å². The Morgan fingerprint density at radius 3 is 2.57 bits per heavy atom. The van der Waals surface area contributed by atoms with Crippen LogP contribution >= 0.6 is 0 Å². The summed E-state index contributed by atoms with van der Waals surface area (Å²) >= 11 is 0. The third-order valence-electron chi connectivity index (χ3n) is 5.10. The Bertz CT molecular complexity index is 729. The van der Waals surface area contributed by atoms with Crippen LogP contribution < -0.4 is 15.5 Å². The molecule has 1 fully saturated rings. The molecule has 1 aliphatic rings. The van der Waals surface area contributed by atoms with Gasteiger partial charge in [0.25, 0.3) is 5.91 Å². The van der Waals surface area contributed by atoms with Crippen molar-refractivity contribution in [3.63, 3.8) is 0 Å². The monoisotopic (exact) mass is 419 g/mol. The van der Waals surface area contributed by atoms with E-state index in [0.717, 1.165) is 31.6 Å². The molecule has 2 N–H and O–H groups in total. The molecule has 8 heteroatoms. The molecule has 0 atom stereocenters. The van der Waals surface area contributed by atoms with Crippen LogP contribution in [0.2, 0.25) is 0 Å². The smallest absolute Gasteiger partial charge is 0.306 e. The van der Waals surface area contributed by atoms with Gasteiger partial charge in [-0.3, -0.25) is 14.4 Å². The Morgan fingerprint density at radius 1 is 1.17 bits per heavy atom. The van der Waals surface area contributed by atoms with Crippen molar-refractivity contribution >= 4 is 29.2 Å². The van der Waals surface area contributed by atoms with Crippen molar-refractivity contribution in [2.75, 3.05) is 50.2 Å². The number of amides is 2. The molecule has 30 heavy (non-hydrogen) atoms. The number of carbonyl (C=O) groups is 3. The van der Waals surface area contributed by atoms with E-state index < -0.39 is 5.97 Å². The molecule has 0 aromatic heterocycles. The van der Waals surface area contributed by atoms with E-state index in [1.807, 2.05) is 6.07 Å². The SMILES string of the molecule is CCOC(=O)CCC(=O)Nc1ccc(N2CCC(C)CC2)c(C(=O)NCCOC)c1. The van der Waals surface area contributed by atoms with E-state index in [4.69, 9.17) is 9.47 Å². The van der Waals surface area contributed by atoms with Gasteiger partial charge in [0.15, 0.2) is 0 Å². The molecule has 0 saturated carbocycles. The summed E-state index contributed by atoms with van der Waals surface area (Å²) in [6.45, 7) is 6.87. The lowest BCUT2D eigenvalue weighted by atomic mass is 9.97. The topological polar surface area (TPSA) is 97.0 Å². The maximum Gasteiger partial charge on any atom is 0.306 e. The largest absolute Gasteiger partial charge is 0.466 e. The second kappa shape index (κ2) is 12.2. The van der Waals surface area contributed by atoms with E-state index >= 15 is 0 Å². The number of ether oxygens (including phenoxy) is 2. The average molecular weight is 420 g/mol. The quantitative estimate of drug-likeness (QED) is 0.447. The predicted octanol–water partition coefficient (Wildman–Crippen LogP) is 2.58. The first-order valence-electron chi connectivity index (χ1n) is 10.6. The number of nitrogens with one attached hydrogen (secondary N) is 2. The number of carbonyl (C=O) groups excluding carboxylic acids is 3. The minimum absolute atomic E-state index is 0.0219. The van der Waals surface area contributed by atoms with E-state index in [1.54, 1.807) is 26.2 Å². The van der Waals surface area contributed by atoms with Crippen LogP contribution in [0.25, 0.3) is 0 Å². The lowest BCUT2D eigenvalue weighted by Gasteiger charge is -2.33. The van der Waals surface area contributed by atoms with Crippen molar-refractivity contribution in [3.8, 4) is 0 Å². The lowest BCUT2D eigenvalue weighted by Crippen LogP contribution is -2.35. The molecular formula is C22H33N3O5. The molecule has 1 aliphatic heterocycles. The van der Waals surface area contributed by atoms with E-state index in [1.165, 1.54) is 0 Å². The Hall–Kier alpha value is -2.61. The van der Waals surface area contributed by atoms with Gasteiger partial charge in [-0.05, 0) is 43.9 Å². The Morgan fingerprint density at radius 2 is 1.90 bits per heavy atom. The first kappa shape index (κ1) is 23.7. The van der Waals surface area contributed by atoms with Gasteiger partial charge in [-0.2, -0.15) is 0 Å². The van der Waals surface area contributed by atoms with Gasteiger partial charge in [0, 0.05) is 44.5 Å². The van der Waals surface area contributed by atoms with Gasteiger partial charge in [0.05, 0.1) is 25.2 Å². The lowest BCUT2D eigenvalue weighted by molar-refractivity contribution is -0.144. The fraction of sp³-hybridized carbons (Fsp3) is 0.591. The molecule has 0 unspecified atom stereocenters. The zero-order valence-electron chi connectivity index (χ0n) is 18.2. The summed E-state index contributed by atoms with van der Waals surface area (Å²) in [5.74, 6) is -0.227. The summed E-state index contributed by atoms with van der Waals surface area (Å²) in [4.78, 5) is 38.7. The van der Waals surface area contributed by atoms with Crippen LogP contribution in [0.5, 0.6) is 0 Å². The molecule has 1 aromatic rings. The number of rotatable bonds is 10. The highest BCUT2D eigenvalue weighted by atomic mass is 16.5. The first-order chi connectivity index (χ1) is 14.4. The van der Waals surface area contributed by atoms with Crippen LogP contribution in [0, 0.1) is 5.92 Å². The van der Waals surface area contributed by atoms with Gasteiger partial charge in [-0.25, -0.2) is 0 Å². The minimum Gasteiger partial charge on any atom is -0.466 e. The summed E-state index contributed by atoms with van der Waals surface area (Å²) in [5, 5.41) is 5.63. The minimum atomic E-state index is -0.402. The van der Waals surface area contributed by atoms with Gasteiger partial charge in [-0.1, -0.05) is 6.92 Å². The summed E-state index contributed by atoms with van der Waals surface area (Å²) in [7, 11) is 1.58. The molecule has 1 heterocycles. The molecule has 2 rings (SSSR count). The zero-order chi connectivity index (χ0) is 21.9. The van der Waals surface area contributed by atoms with E-state index in [9.17, 15) is 14.4 Å². The molecule has 0 spiro atoms. The summed E-state index contributed by atoms with van der Waals surface area (Å²) in [5.41, 5.74) is 1.90. The number of hydrogen-bond donors (Lipinski definition) is 2. The van der Waals surface area contributed by atoms with Crippen LogP contribution in [0.3, 0.4) is 0 Å². The number of methoxy groups -OCH3 is 1. The van der Waals surface area contributed by atoms with Crippen LogP contribution in [0.15, 0.2) is 18.2 Å². The van der Waals surface area contributed by atoms with Gasteiger partial charge in [-0.15, -0.1) is 0 Å². The molecule has 0 radical (unpaired) electrons. The zero-order valence-corrected chi connectivity index (χ0v) is 18.2. The molecule has 0 bridgehead atoms. The summed E-state index contributed by atoms with van der Waals surface area (Å²) in [6.07, 6.45) is 2.21. The van der Waals surface area contributed by atoms with E-state index in [-0.39, 0.29) is 24.7 Å². The molecule has 0 aliphatic carbocycles. The van der Waals surface area contributed by atoms with E-state index in [0.29, 0.717) is 36.9 Å². The first-order valence-corrected chi connectivity index (χ1v) is 10.6. The van der Waals surface area contributed by atoms with Crippen molar-refractivity contribution in [2.24, 2.45) is 5.92 Å². The van der Waals surface area contributed by atoms with Crippen LogP contribution in [0.4, 0.5) is 11.4 Å². The second-order valence-corrected chi connectivity index (χ2v) is 7.50. The van der Waals surface area contributed by atoms with Gasteiger partial charge in [0.2, 0.25) is 5.91 Å². The third-order valence-corrected chi connectivity index (χ3v) is 5.10.